The van der Waals surface area contributed by atoms with Crippen molar-refractivity contribution in [2.75, 3.05) is 45.8 Å². The molecule has 0 unspecified atom stereocenters. The fourth-order valence-corrected chi connectivity index (χ4v) is 7.75. The number of carbonyl (C=O) groups excluding carboxylic acids is 2. The van der Waals surface area contributed by atoms with E-state index in [9.17, 15) is 14.0 Å². The van der Waals surface area contributed by atoms with E-state index in [2.05, 4.69) is 45.3 Å². The quantitative estimate of drug-likeness (QED) is 0.208. The van der Waals surface area contributed by atoms with Gasteiger partial charge in [-0.25, -0.2) is 14.2 Å². The minimum atomic E-state index is -0.473. The van der Waals surface area contributed by atoms with Crippen LogP contribution in [0.1, 0.15) is 103 Å². The van der Waals surface area contributed by atoms with E-state index < -0.39 is 11.4 Å². The number of pyridine rings is 1. The number of hydrogen-bond donors (Lipinski definition) is 0. The van der Waals surface area contributed by atoms with Gasteiger partial charge in [-0.3, -0.25) is 14.6 Å². The second kappa shape index (κ2) is 15.4. The van der Waals surface area contributed by atoms with Crippen molar-refractivity contribution in [3.05, 3.63) is 59.4 Å². The van der Waals surface area contributed by atoms with E-state index in [0.29, 0.717) is 36.5 Å². The van der Waals surface area contributed by atoms with E-state index in [4.69, 9.17) is 4.74 Å². The van der Waals surface area contributed by atoms with Crippen molar-refractivity contribution in [2.24, 2.45) is 5.92 Å². The van der Waals surface area contributed by atoms with Gasteiger partial charge >= 0.3 is 6.09 Å². The SMILES string of the molecule is Cc1ncc2c(-c3ccc(F)cc3C(=O)N(C(C)C)C(C)C)cc(C3CN([C@H](CCCN4CCN(C(=O)OC(C)(C)C)CC4)C(C)C)C3)cn12. The van der Waals surface area contributed by atoms with E-state index in [-0.39, 0.29) is 24.1 Å². The molecule has 2 fully saturated rings. The Bertz CT molecular complexity index is 1640. The van der Waals surface area contributed by atoms with Gasteiger partial charge < -0.3 is 18.9 Å². The Morgan fingerprint density at radius 1 is 0.980 bits per heavy atom. The normalized spacial score (nSPS) is 17.2. The second-order valence-corrected chi connectivity index (χ2v) is 16.3. The Morgan fingerprint density at radius 3 is 2.24 bits per heavy atom. The molecule has 10 heteroatoms. The fraction of sp³-hybridized carbons (Fsp3) is 0.625. The first-order valence-corrected chi connectivity index (χ1v) is 18.6. The predicted octanol–water partition coefficient (Wildman–Crippen LogP) is 7.46. The summed E-state index contributed by atoms with van der Waals surface area (Å²) in [6.45, 7) is 26.5. The Kier molecular flexibility index (Phi) is 11.6. The zero-order chi connectivity index (χ0) is 36.5. The van der Waals surface area contributed by atoms with Gasteiger partial charge in [0.2, 0.25) is 0 Å². The maximum Gasteiger partial charge on any atom is 0.410 e. The Labute approximate surface area is 298 Å². The number of piperazine rings is 1. The molecule has 1 atom stereocenters. The maximum atomic E-state index is 14.7. The highest BCUT2D eigenvalue weighted by Gasteiger charge is 2.36. The smallest absolute Gasteiger partial charge is 0.410 e. The van der Waals surface area contributed by atoms with Gasteiger partial charge in [0.1, 0.15) is 17.2 Å². The van der Waals surface area contributed by atoms with Crippen LogP contribution in [0.3, 0.4) is 0 Å². The molecule has 9 nitrogen and oxygen atoms in total. The van der Waals surface area contributed by atoms with E-state index in [1.807, 2.05) is 71.4 Å². The van der Waals surface area contributed by atoms with Gasteiger partial charge in [0.05, 0.1) is 17.3 Å². The molecule has 50 heavy (non-hydrogen) atoms. The van der Waals surface area contributed by atoms with Gasteiger partial charge in [0.15, 0.2) is 0 Å². The predicted molar refractivity (Wildman–Crippen MR) is 198 cm³/mol. The van der Waals surface area contributed by atoms with Gasteiger partial charge in [-0.05, 0) is 110 Å². The summed E-state index contributed by atoms with van der Waals surface area (Å²) in [6, 6.07) is 7.25. The van der Waals surface area contributed by atoms with Crippen LogP contribution in [0.2, 0.25) is 0 Å². The van der Waals surface area contributed by atoms with Crippen LogP contribution in [0, 0.1) is 18.7 Å². The third kappa shape index (κ3) is 8.51. The van der Waals surface area contributed by atoms with E-state index in [1.165, 1.54) is 17.7 Å². The van der Waals surface area contributed by atoms with E-state index in [1.54, 1.807) is 6.07 Å². The van der Waals surface area contributed by atoms with Gasteiger partial charge in [-0.1, -0.05) is 19.9 Å². The molecule has 0 saturated carbocycles. The lowest BCUT2D eigenvalue weighted by molar-refractivity contribution is 0.0137. The summed E-state index contributed by atoms with van der Waals surface area (Å²) in [6.07, 6.45) is 6.09. The molecule has 0 spiro atoms. The molecule has 0 bridgehead atoms. The van der Waals surface area contributed by atoms with Crippen LogP contribution in [0.15, 0.2) is 36.7 Å². The number of aryl methyl sites for hydroxylation is 1. The minimum absolute atomic E-state index is 0.0218. The molecule has 2 amide bonds. The maximum absolute atomic E-state index is 14.7. The number of hydrogen-bond acceptors (Lipinski definition) is 6. The summed E-state index contributed by atoms with van der Waals surface area (Å²) in [5.41, 5.74) is 3.67. The van der Waals surface area contributed by atoms with Gasteiger partial charge in [0.25, 0.3) is 5.91 Å². The van der Waals surface area contributed by atoms with Gasteiger partial charge in [-0.15, -0.1) is 0 Å². The zero-order valence-corrected chi connectivity index (χ0v) is 32.0. The molecule has 1 aromatic carbocycles. The number of imidazole rings is 1. The van der Waals surface area contributed by atoms with Crippen molar-refractivity contribution in [1.29, 1.82) is 0 Å². The van der Waals surface area contributed by atoms with E-state index in [0.717, 1.165) is 68.0 Å². The second-order valence-electron chi connectivity index (χ2n) is 16.3. The van der Waals surface area contributed by atoms with Crippen LogP contribution in [-0.4, -0.2) is 111 Å². The molecule has 0 aliphatic carbocycles. The van der Waals surface area contributed by atoms with Crippen LogP contribution in [-0.2, 0) is 4.74 Å². The minimum Gasteiger partial charge on any atom is -0.444 e. The number of aromatic nitrogens is 2. The van der Waals surface area contributed by atoms with Crippen molar-refractivity contribution in [3.63, 3.8) is 0 Å². The Morgan fingerprint density at radius 2 is 1.64 bits per heavy atom. The highest BCUT2D eigenvalue weighted by Crippen LogP contribution is 2.37. The number of nitrogens with zero attached hydrogens (tertiary/aromatic N) is 6. The molecule has 4 heterocycles. The summed E-state index contributed by atoms with van der Waals surface area (Å²) in [4.78, 5) is 39.8. The summed E-state index contributed by atoms with van der Waals surface area (Å²) < 4.78 is 22.4. The molecule has 0 N–H and O–H groups in total. The number of ether oxygens (including phenoxy) is 1. The van der Waals surface area contributed by atoms with Crippen molar-refractivity contribution in [2.45, 2.75) is 112 Å². The standard InChI is InChI=1S/C40H59FN6O3/c1-26(2)36(12-11-15-43-16-18-44(19-17-43)39(49)50-40(8,9)10)45-23-31(24-45)30-20-34(37-22-42-29(7)46(37)25-30)33-14-13-32(41)21-35(33)38(48)47(27(3)4)28(5)6/h13-14,20-22,25-28,31,36H,11-12,15-19,23-24H2,1-10H3/t36-/m1/s1. The molecule has 2 aliphatic heterocycles. The molecule has 274 valence electrons. The third-order valence-electron chi connectivity index (χ3n) is 10.3. The van der Waals surface area contributed by atoms with Crippen LogP contribution in [0.4, 0.5) is 9.18 Å². The summed E-state index contributed by atoms with van der Waals surface area (Å²) in [7, 11) is 0. The lowest BCUT2D eigenvalue weighted by atomic mass is 9.85. The number of likely N-dealkylation sites (tertiary alicyclic amines) is 1. The van der Waals surface area contributed by atoms with Crippen LogP contribution in [0.5, 0.6) is 0 Å². The molecular formula is C40H59FN6O3. The van der Waals surface area contributed by atoms with Crippen LogP contribution in [0.25, 0.3) is 16.6 Å². The topological polar surface area (TPSA) is 73.6 Å². The average molecular weight is 691 g/mol. The third-order valence-corrected chi connectivity index (χ3v) is 10.3. The monoisotopic (exact) mass is 690 g/mol. The first kappa shape index (κ1) is 37.7. The Hall–Kier alpha value is -3.50. The summed E-state index contributed by atoms with van der Waals surface area (Å²) >= 11 is 0. The average Bonchev–Trinajstić information content (AvgIpc) is 3.38. The molecule has 2 saturated heterocycles. The molecule has 2 aliphatic rings. The van der Waals surface area contributed by atoms with Gasteiger partial charge in [0, 0.05) is 75.1 Å². The fourth-order valence-electron chi connectivity index (χ4n) is 7.75. The van der Waals surface area contributed by atoms with Crippen molar-refractivity contribution < 1.29 is 18.7 Å². The Balaban J connectivity index is 1.27. The van der Waals surface area contributed by atoms with E-state index >= 15 is 0 Å². The largest absolute Gasteiger partial charge is 0.444 e. The van der Waals surface area contributed by atoms with Crippen molar-refractivity contribution >= 4 is 17.5 Å². The molecule has 5 rings (SSSR count). The summed E-state index contributed by atoms with van der Waals surface area (Å²) in [5, 5.41) is 0. The van der Waals surface area contributed by atoms with Crippen molar-refractivity contribution in [3.8, 4) is 11.1 Å². The highest BCUT2D eigenvalue weighted by atomic mass is 19.1. The van der Waals surface area contributed by atoms with Crippen LogP contribution >= 0.6 is 0 Å². The number of halogens is 1. The molecule has 2 aromatic heterocycles. The first-order valence-electron chi connectivity index (χ1n) is 18.6. The van der Waals surface area contributed by atoms with Crippen molar-refractivity contribution in [1.82, 2.24) is 29.0 Å². The molecule has 0 radical (unpaired) electrons. The number of rotatable bonds is 11. The van der Waals surface area contributed by atoms with Gasteiger partial charge in [-0.2, -0.15) is 0 Å². The lowest BCUT2D eigenvalue weighted by Gasteiger charge is -2.46. The summed E-state index contributed by atoms with van der Waals surface area (Å²) in [5.74, 6) is 1.19. The zero-order valence-electron chi connectivity index (χ0n) is 32.0. The highest BCUT2D eigenvalue weighted by molar-refractivity contribution is 6.03. The number of benzene rings is 1. The number of carbonyl (C=O) groups is 2. The van der Waals surface area contributed by atoms with Crippen LogP contribution < -0.4 is 0 Å². The number of fused-ring (bicyclic) bond motifs is 1. The number of amides is 2. The molecule has 3 aromatic rings. The first-order chi connectivity index (χ1) is 23.5. The molecular weight excluding hydrogens is 631 g/mol. The lowest BCUT2D eigenvalue weighted by Crippen LogP contribution is -2.53.